The molecule has 12 heteroatoms. The summed E-state index contributed by atoms with van der Waals surface area (Å²) in [6, 6.07) is 12.8. The zero-order valence-corrected chi connectivity index (χ0v) is 24.0. The summed E-state index contributed by atoms with van der Waals surface area (Å²) in [6.45, 7) is 3.34. The third kappa shape index (κ3) is 11.7. The van der Waals surface area contributed by atoms with Crippen LogP contribution < -0.4 is 32.7 Å². The molecular weight excluding hydrogens is 540 g/mol. The molecule has 0 aliphatic rings. The Labute approximate surface area is 246 Å². The number of carboxylic acid groups (broad SMARTS) is 1. The Bertz CT molecular complexity index is 1180. The van der Waals surface area contributed by atoms with E-state index in [1.807, 2.05) is 24.3 Å². The number of amides is 4. The highest BCUT2D eigenvalue weighted by Crippen LogP contribution is 2.08. The molecule has 9 N–H and O–H groups in total. The van der Waals surface area contributed by atoms with Gasteiger partial charge < -0.3 is 37.8 Å². The van der Waals surface area contributed by atoms with Crippen LogP contribution in [0.25, 0.3) is 0 Å². The quantitative estimate of drug-likeness (QED) is 0.126. The van der Waals surface area contributed by atoms with Crippen LogP contribution >= 0.6 is 0 Å². The lowest BCUT2D eigenvalue weighted by Gasteiger charge is -2.25. The number of hydrogen-bond acceptors (Lipinski definition) is 7. The van der Waals surface area contributed by atoms with Crippen LogP contribution in [0.1, 0.15) is 44.2 Å². The van der Waals surface area contributed by atoms with Gasteiger partial charge in [-0.15, -0.1) is 0 Å². The lowest BCUT2D eigenvalue weighted by Crippen LogP contribution is -2.58. The van der Waals surface area contributed by atoms with Crippen LogP contribution in [0.15, 0.2) is 60.7 Å². The molecule has 0 radical (unpaired) electrons. The summed E-state index contributed by atoms with van der Waals surface area (Å²) < 4.78 is 0. The first-order valence-electron chi connectivity index (χ1n) is 14.0. The van der Waals surface area contributed by atoms with Crippen LogP contribution in [0.5, 0.6) is 0 Å². The maximum absolute atomic E-state index is 13.2. The zero-order valence-electron chi connectivity index (χ0n) is 24.0. The van der Waals surface area contributed by atoms with Crippen molar-refractivity contribution in [1.82, 2.24) is 21.3 Å². The molecule has 0 spiro atoms. The molecule has 12 nitrogen and oxygen atoms in total. The number of nitrogens with two attached hydrogens (primary N) is 2. The van der Waals surface area contributed by atoms with E-state index >= 15 is 0 Å². The number of carbonyl (C=O) groups is 5. The number of carbonyl (C=O) groups excluding carboxylic acids is 4. The second-order valence-corrected chi connectivity index (χ2v) is 10.2. The van der Waals surface area contributed by atoms with Gasteiger partial charge in [0.05, 0.1) is 6.04 Å². The molecule has 5 atom stereocenters. The number of aliphatic carboxylic acids is 1. The largest absolute Gasteiger partial charge is 0.480 e. The third-order valence-corrected chi connectivity index (χ3v) is 6.56. The molecule has 4 amide bonds. The predicted octanol–water partition coefficient (Wildman–Crippen LogP) is -0.00830. The van der Waals surface area contributed by atoms with E-state index in [9.17, 15) is 29.1 Å². The number of nitrogens with one attached hydrogen (secondary N) is 4. The van der Waals surface area contributed by atoms with Crippen molar-refractivity contribution in [2.45, 2.75) is 76.2 Å². The predicted molar refractivity (Wildman–Crippen MR) is 158 cm³/mol. The van der Waals surface area contributed by atoms with Crippen molar-refractivity contribution in [3.05, 3.63) is 71.8 Å². The summed E-state index contributed by atoms with van der Waals surface area (Å²) in [5.74, 6) is -3.65. The Balaban J connectivity index is 2.15. The minimum atomic E-state index is -1.19. The van der Waals surface area contributed by atoms with Crippen LogP contribution in [-0.4, -0.2) is 71.5 Å². The van der Waals surface area contributed by atoms with Crippen LogP contribution in [0.2, 0.25) is 0 Å². The molecule has 0 fully saturated rings. The molecule has 2 aromatic rings. The summed E-state index contributed by atoms with van der Waals surface area (Å²) in [7, 11) is 0. The van der Waals surface area contributed by atoms with E-state index in [-0.39, 0.29) is 19.3 Å². The molecule has 2 aromatic carbocycles. The first kappa shape index (κ1) is 33.9. The lowest BCUT2D eigenvalue weighted by atomic mass is 10.0. The third-order valence-electron chi connectivity index (χ3n) is 6.56. The van der Waals surface area contributed by atoms with Crippen LogP contribution in [0.4, 0.5) is 0 Å². The van der Waals surface area contributed by atoms with Gasteiger partial charge in [-0.25, -0.2) is 4.79 Å². The van der Waals surface area contributed by atoms with Crippen molar-refractivity contribution in [1.29, 1.82) is 0 Å². The van der Waals surface area contributed by atoms with E-state index in [0.717, 1.165) is 11.1 Å². The van der Waals surface area contributed by atoms with Gasteiger partial charge in [-0.2, -0.15) is 0 Å². The first-order chi connectivity index (χ1) is 20.0. The van der Waals surface area contributed by atoms with Gasteiger partial charge in [-0.3, -0.25) is 19.2 Å². The van der Waals surface area contributed by atoms with Crippen LogP contribution in [0.3, 0.4) is 0 Å². The van der Waals surface area contributed by atoms with Crippen molar-refractivity contribution in [2.75, 3.05) is 6.54 Å². The normalized spacial score (nSPS) is 14.4. The van der Waals surface area contributed by atoms with E-state index in [1.165, 1.54) is 13.8 Å². The molecule has 0 unspecified atom stereocenters. The average Bonchev–Trinajstić information content (AvgIpc) is 2.96. The second kappa shape index (κ2) is 17.5. The molecule has 0 aliphatic carbocycles. The second-order valence-electron chi connectivity index (χ2n) is 10.2. The van der Waals surface area contributed by atoms with E-state index < -0.39 is 59.8 Å². The standard InChI is InChI=1S/C30H42N6O6/c1-19(32)26(37)35-24(17-21-11-5-3-6-12-21)28(39)33-20(2)27(38)36-25(18-22-13-7-4-8-14-22)29(40)34-23(30(41)42)15-9-10-16-31/h3-8,11-14,19-20,23-25H,9-10,15-18,31-32H2,1-2H3,(H,33,39)(H,34,40)(H,35,37)(H,36,38)(H,41,42)/t19-,20-,23-,24-,25-/m0/s1. The molecule has 228 valence electrons. The van der Waals surface area contributed by atoms with Gasteiger partial charge >= 0.3 is 5.97 Å². The molecule has 42 heavy (non-hydrogen) atoms. The van der Waals surface area contributed by atoms with Crippen LogP contribution in [0, 0.1) is 0 Å². The fourth-order valence-electron chi connectivity index (χ4n) is 4.12. The summed E-state index contributed by atoms with van der Waals surface area (Å²) in [4.78, 5) is 63.6. The summed E-state index contributed by atoms with van der Waals surface area (Å²) in [5, 5.41) is 20.0. The number of unbranched alkanes of at least 4 members (excludes halogenated alkanes) is 1. The molecule has 0 heterocycles. The summed E-state index contributed by atoms with van der Waals surface area (Å²) in [5.41, 5.74) is 12.7. The Morgan fingerprint density at radius 2 is 1.12 bits per heavy atom. The van der Waals surface area contributed by atoms with Gasteiger partial charge in [-0.05, 0) is 50.8 Å². The number of rotatable bonds is 17. The number of benzene rings is 2. The number of carboxylic acids is 1. The summed E-state index contributed by atoms with van der Waals surface area (Å²) >= 11 is 0. The maximum atomic E-state index is 13.2. The summed E-state index contributed by atoms with van der Waals surface area (Å²) in [6.07, 6.45) is 1.56. The highest BCUT2D eigenvalue weighted by atomic mass is 16.4. The molecular formula is C30H42N6O6. The Hall–Kier alpha value is -4.29. The smallest absolute Gasteiger partial charge is 0.326 e. The number of hydrogen-bond donors (Lipinski definition) is 7. The molecule has 2 rings (SSSR count). The monoisotopic (exact) mass is 582 g/mol. The minimum absolute atomic E-state index is 0.0926. The fourth-order valence-corrected chi connectivity index (χ4v) is 4.12. The highest BCUT2D eigenvalue weighted by molar-refractivity contribution is 5.95. The van der Waals surface area contributed by atoms with Gasteiger partial charge in [0, 0.05) is 12.8 Å². The molecule has 0 aromatic heterocycles. The van der Waals surface area contributed by atoms with Gasteiger partial charge in [0.1, 0.15) is 24.2 Å². The van der Waals surface area contributed by atoms with Gasteiger partial charge in [-0.1, -0.05) is 60.7 Å². The topological polar surface area (TPSA) is 206 Å². The molecule has 0 aliphatic heterocycles. The van der Waals surface area contributed by atoms with Crippen molar-refractivity contribution < 1.29 is 29.1 Å². The Kier molecular flexibility index (Phi) is 14.1. The van der Waals surface area contributed by atoms with Gasteiger partial charge in [0.25, 0.3) is 0 Å². The van der Waals surface area contributed by atoms with Crippen molar-refractivity contribution >= 4 is 29.6 Å². The fraction of sp³-hybridized carbons (Fsp3) is 0.433. The minimum Gasteiger partial charge on any atom is -0.480 e. The van der Waals surface area contributed by atoms with Crippen LogP contribution in [-0.2, 0) is 36.8 Å². The van der Waals surface area contributed by atoms with Crippen molar-refractivity contribution in [2.24, 2.45) is 11.5 Å². The first-order valence-corrected chi connectivity index (χ1v) is 14.0. The Morgan fingerprint density at radius 3 is 1.57 bits per heavy atom. The molecule has 0 saturated heterocycles. The zero-order chi connectivity index (χ0) is 31.1. The van der Waals surface area contributed by atoms with Gasteiger partial charge in [0.15, 0.2) is 0 Å². The molecule has 0 saturated carbocycles. The van der Waals surface area contributed by atoms with Crippen molar-refractivity contribution in [3.63, 3.8) is 0 Å². The maximum Gasteiger partial charge on any atom is 0.326 e. The Morgan fingerprint density at radius 1 is 0.667 bits per heavy atom. The van der Waals surface area contributed by atoms with E-state index in [0.29, 0.717) is 19.4 Å². The average molecular weight is 583 g/mol. The van der Waals surface area contributed by atoms with E-state index in [4.69, 9.17) is 11.5 Å². The highest BCUT2D eigenvalue weighted by Gasteiger charge is 2.30. The van der Waals surface area contributed by atoms with Crippen molar-refractivity contribution in [3.8, 4) is 0 Å². The van der Waals surface area contributed by atoms with Gasteiger partial charge in [0.2, 0.25) is 23.6 Å². The SMILES string of the molecule is C[C@H](N)C(=O)N[C@@H](Cc1ccccc1)C(=O)N[C@@H](C)C(=O)N[C@@H](Cc1ccccc1)C(=O)N[C@@H](CCCCN)C(=O)O. The lowest BCUT2D eigenvalue weighted by molar-refractivity contribution is -0.142. The van der Waals surface area contributed by atoms with E-state index in [2.05, 4.69) is 21.3 Å². The molecule has 0 bridgehead atoms. The van der Waals surface area contributed by atoms with E-state index in [1.54, 1.807) is 36.4 Å².